The van der Waals surface area contributed by atoms with Crippen molar-refractivity contribution in [2.45, 2.75) is 37.1 Å². The van der Waals surface area contributed by atoms with E-state index in [1.807, 2.05) is 0 Å². The summed E-state index contributed by atoms with van der Waals surface area (Å²) in [5.74, 6) is -1.59. The molecule has 2 unspecified atom stereocenters. The molecule has 1 aliphatic heterocycles. The molecule has 0 spiro atoms. The highest BCUT2D eigenvalue weighted by atomic mass is 16.6. The molecule has 0 amide bonds. The minimum Gasteiger partial charge on any atom is -0.478 e. The van der Waals surface area contributed by atoms with E-state index >= 15 is 0 Å². The monoisotopic (exact) mass is 207 g/mol. The van der Waals surface area contributed by atoms with Crippen LogP contribution in [0.25, 0.3) is 0 Å². The smallest absolute Gasteiger partial charge is 0.354 e. The zero-order valence-electron chi connectivity index (χ0n) is 7.49. The number of aliphatic carboxylic acids is 1. The Morgan fingerprint density at radius 1 is 1.57 bits per heavy atom. The van der Waals surface area contributed by atoms with Gasteiger partial charge in [-0.2, -0.15) is 0 Å². The fraction of sp³-hybridized carbons (Fsp3) is 0.857. The Balaban J connectivity index is 2.91. The van der Waals surface area contributed by atoms with E-state index < -0.39 is 36.1 Å². The first-order valence-corrected chi connectivity index (χ1v) is 4.05. The molecule has 0 aliphatic carbocycles. The summed E-state index contributed by atoms with van der Waals surface area (Å²) in [6, 6.07) is 0. The molecule has 0 aromatic carbocycles. The van der Waals surface area contributed by atoms with Crippen LogP contribution in [0.3, 0.4) is 0 Å². The number of aliphatic hydroxyl groups is 3. The molecule has 1 heterocycles. The number of hydrogen-bond acceptors (Lipinski definition) is 6. The average Bonchev–Trinajstić information content (AvgIpc) is 2.31. The third-order valence-electron chi connectivity index (χ3n) is 2.24. The lowest BCUT2D eigenvalue weighted by Crippen LogP contribution is -2.57. The summed E-state index contributed by atoms with van der Waals surface area (Å²) in [7, 11) is 0. The Hall–Kier alpha value is -0.730. The molecule has 0 saturated carbocycles. The Kier molecular flexibility index (Phi) is 2.79. The van der Waals surface area contributed by atoms with Gasteiger partial charge in [0.1, 0.15) is 18.3 Å². The molecular weight excluding hydrogens is 194 g/mol. The van der Waals surface area contributed by atoms with Crippen LogP contribution in [0.15, 0.2) is 0 Å². The normalized spacial score (nSPS) is 45.1. The van der Waals surface area contributed by atoms with Gasteiger partial charge in [0.15, 0.2) is 0 Å². The molecule has 6 N–H and O–H groups in total. The van der Waals surface area contributed by atoms with Crippen molar-refractivity contribution in [2.24, 2.45) is 5.73 Å². The van der Waals surface area contributed by atoms with Crippen LogP contribution in [0.1, 0.15) is 6.92 Å². The number of carbonyl (C=O) groups is 1. The molecule has 0 aromatic heterocycles. The van der Waals surface area contributed by atoms with E-state index in [0.717, 1.165) is 0 Å². The summed E-state index contributed by atoms with van der Waals surface area (Å²) in [4.78, 5) is 10.6. The predicted octanol–water partition coefficient (Wildman–Crippen LogP) is -2.77. The highest BCUT2D eigenvalue weighted by molar-refractivity contribution is 5.78. The first-order valence-electron chi connectivity index (χ1n) is 4.05. The minimum absolute atomic E-state index is 1.12. The van der Waals surface area contributed by atoms with Crippen molar-refractivity contribution in [3.8, 4) is 0 Å². The van der Waals surface area contributed by atoms with Crippen LogP contribution in [-0.4, -0.2) is 56.5 Å². The number of nitrogens with two attached hydrogens (primary N) is 1. The maximum atomic E-state index is 10.6. The number of ether oxygens (including phenoxy) is 1. The second kappa shape index (κ2) is 3.44. The molecule has 1 rings (SSSR count). The van der Waals surface area contributed by atoms with Gasteiger partial charge in [-0.3, -0.25) is 5.73 Å². The van der Waals surface area contributed by atoms with E-state index in [1.165, 1.54) is 6.92 Å². The van der Waals surface area contributed by atoms with Gasteiger partial charge in [0, 0.05) is 0 Å². The summed E-state index contributed by atoms with van der Waals surface area (Å²) in [5.41, 5.74) is 2.86. The summed E-state index contributed by atoms with van der Waals surface area (Å²) < 4.78 is 4.72. The van der Waals surface area contributed by atoms with Crippen molar-refractivity contribution in [1.82, 2.24) is 0 Å². The number of rotatable bonds is 2. The molecule has 5 atom stereocenters. The molecule has 1 saturated heterocycles. The number of aliphatic hydroxyl groups excluding tert-OH is 3. The van der Waals surface area contributed by atoms with Crippen LogP contribution in [-0.2, 0) is 9.53 Å². The largest absolute Gasteiger partial charge is 0.478 e. The standard InChI is InChI=1S/C7H13NO6/c1-2(9)4-3(10)5(11)7(8,14-4)6(12)13/h2-5,9-11H,8H2,1H3,(H,12,13)/t2-,3?,4+,5?,7+/m0/s1. The Morgan fingerprint density at radius 3 is 2.29 bits per heavy atom. The van der Waals surface area contributed by atoms with Crippen molar-refractivity contribution >= 4 is 5.97 Å². The lowest BCUT2D eigenvalue weighted by Gasteiger charge is -2.22. The van der Waals surface area contributed by atoms with Crippen molar-refractivity contribution in [2.75, 3.05) is 0 Å². The number of hydrogen-bond donors (Lipinski definition) is 5. The predicted molar refractivity (Wildman–Crippen MR) is 43.1 cm³/mol. The third-order valence-corrected chi connectivity index (χ3v) is 2.24. The minimum atomic E-state index is -2.36. The van der Waals surface area contributed by atoms with Crippen molar-refractivity contribution < 1.29 is 30.0 Å². The molecule has 1 fully saturated rings. The van der Waals surface area contributed by atoms with Gasteiger partial charge in [-0.25, -0.2) is 4.79 Å². The molecule has 82 valence electrons. The maximum absolute atomic E-state index is 10.6. The van der Waals surface area contributed by atoms with Crippen LogP contribution in [0.2, 0.25) is 0 Å². The highest BCUT2D eigenvalue weighted by Gasteiger charge is 2.58. The van der Waals surface area contributed by atoms with Gasteiger partial charge < -0.3 is 25.2 Å². The number of carboxylic acids is 1. The molecule has 0 aromatic rings. The van der Waals surface area contributed by atoms with E-state index in [9.17, 15) is 15.0 Å². The fourth-order valence-electron chi connectivity index (χ4n) is 1.36. The lowest BCUT2D eigenvalue weighted by molar-refractivity contribution is -0.175. The number of carboxylic acid groups (broad SMARTS) is 1. The van der Waals surface area contributed by atoms with Crippen LogP contribution in [0.4, 0.5) is 0 Å². The van der Waals surface area contributed by atoms with Crippen molar-refractivity contribution in [3.05, 3.63) is 0 Å². The molecule has 7 heteroatoms. The topological polar surface area (TPSA) is 133 Å². The van der Waals surface area contributed by atoms with Crippen LogP contribution < -0.4 is 5.73 Å². The van der Waals surface area contributed by atoms with Crippen LogP contribution in [0.5, 0.6) is 0 Å². The first-order chi connectivity index (χ1) is 6.30. The van der Waals surface area contributed by atoms with E-state index in [-0.39, 0.29) is 0 Å². The van der Waals surface area contributed by atoms with Crippen LogP contribution >= 0.6 is 0 Å². The summed E-state index contributed by atoms with van der Waals surface area (Å²) >= 11 is 0. The summed E-state index contributed by atoms with van der Waals surface area (Å²) in [6.07, 6.45) is -5.61. The molecule has 14 heavy (non-hydrogen) atoms. The molecule has 0 radical (unpaired) electrons. The van der Waals surface area contributed by atoms with Gasteiger partial charge >= 0.3 is 5.97 Å². The summed E-state index contributed by atoms with van der Waals surface area (Å²) in [5, 5.41) is 36.4. The maximum Gasteiger partial charge on any atom is 0.354 e. The Labute approximate surface area is 79.7 Å². The fourth-order valence-corrected chi connectivity index (χ4v) is 1.36. The lowest BCUT2D eigenvalue weighted by atomic mass is 10.0. The summed E-state index contributed by atoms with van der Waals surface area (Å²) in [6.45, 7) is 1.30. The van der Waals surface area contributed by atoms with E-state index in [2.05, 4.69) is 0 Å². The Bertz CT molecular complexity index is 244. The van der Waals surface area contributed by atoms with Crippen LogP contribution in [0, 0.1) is 0 Å². The second-order valence-corrected chi connectivity index (χ2v) is 3.36. The SMILES string of the molecule is C[C@H](O)[C@H]1O[C@@](N)(C(=O)O)C(O)C1O. The zero-order chi connectivity index (χ0) is 11.1. The van der Waals surface area contributed by atoms with E-state index in [1.54, 1.807) is 0 Å². The van der Waals surface area contributed by atoms with Gasteiger partial charge in [0.2, 0.25) is 5.72 Å². The molecule has 7 nitrogen and oxygen atoms in total. The zero-order valence-corrected chi connectivity index (χ0v) is 7.49. The van der Waals surface area contributed by atoms with Gasteiger partial charge in [-0.1, -0.05) is 0 Å². The van der Waals surface area contributed by atoms with E-state index in [0.29, 0.717) is 0 Å². The van der Waals surface area contributed by atoms with Gasteiger partial charge in [0.25, 0.3) is 0 Å². The third kappa shape index (κ3) is 1.49. The van der Waals surface area contributed by atoms with Gasteiger partial charge in [-0.05, 0) is 6.92 Å². The van der Waals surface area contributed by atoms with Gasteiger partial charge in [-0.15, -0.1) is 0 Å². The second-order valence-electron chi connectivity index (χ2n) is 3.36. The van der Waals surface area contributed by atoms with Crippen molar-refractivity contribution in [1.29, 1.82) is 0 Å². The highest BCUT2D eigenvalue weighted by Crippen LogP contribution is 2.29. The molecule has 0 bridgehead atoms. The van der Waals surface area contributed by atoms with Gasteiger partial charge in [0.05, 0.1) is 6.10 Å². The molecular formula is C7H13NO6. The average molecular weight is 207 g/mol. The quantitative estimate of drug-likeness (QED) is 0.331. The van der Waals surface area contributed by atoms with E-state index in [4.69, 9.17) is 20.7 Å². The molecule has 1 aliphatic rings. The Morgan fingerprint density at radius 2 is 2.07 bits per heavy atom. The van der Waals surface area contributed by atoms with Crippen molar-refractivity contribution in [3.63, 3.8) is 0 Å². The first kappa shape index (κ1) is 11.3.